The van der Waals surface area contributed by atoms with Crippen molar-refractivity contribution in [1.29, 1.82) is 0 Å². The summed E-state index contributed by atoms with van der Waals surface area (Å²) in [5.74, 6) is 0.199. The van der Waals surface area contributed by atoms with Gasteiger partial charge in [-0.25, -0.2) is 14.5 Å². The molecule has 0 saturated carbocycles. The Morgan fingerprint density at radius 3 is 2.73 bits per heavy atom. The second-order valence-electron chi connectivity index (χ2n) is 6.92. The highest BCUT2D eigenvalue weighted by molar-refractivity contribution is 5.81. The van der Waals surface area contributed by atoms with E-state index in [-0.39, 0.29) is 18.6 Å². The van der Waals surface area contributed by atoms with Crippen LogP contribution in [0.4, 0.5) is 0 Å². The van der Waals surface area contributed by atoms with Gasteiger partial charge in [0.1, 0.15) is 24.0 Å². The maximum absolute atomic E-state index is 12.3. The zero-order chi connectivity index (χ0) is 21.1. The monoisotopic (exact) mass is 404 g/mol. The van der Waals surface area contributed by atoms with E-state index in [2.05, 4.69) is 15.4 Å². The Balaban J connectivity index is 1.36. The first kappa shape index (κ1) is 19.4. The number of aryl methyl sites for hydroxylation is 1. The Labute approximate surface area is 172 Å². The predicted molar refractivity (Wildman–Crippen MR) is 111 cm³/mol. The van der Waals surface area contributed by atoms with Crippen molar-refractivity contribution in [3.05, 3.63) is 82.7 Å². The fourth-order valence-electron chi connectivity index (χ4n) is 3.17. The summed E-state index contributed by atoms with van der Waals surface area (Å²) in [6.07, 6.45) is 3.10. The molecule has 1 N–H and O–H groups in total. The van der Waals surface area contributed by atoms with Crippen LogP contribution in [0.5, 0.6) is 5.75 Å². The van der Waals surface area contributed by atoms with Crippen molar-refractivity contribution >= 4 is 16.9 Å². The van der Waals surface area contributed by atoms with Gasteiger partial charge in [0, 0.05) is 17.5 Å². The van der Waals surface area contributed by atoms with Crippen LogP contribution in [0.2, 0.25) is 0 Å². The van der Waals surface area contributed by atoms with Gasteiger partial charge in [0.25, 0.3) is 5.91 Å². The predicted octanol–water partition coefficient (Wildman–Crippen LogP) is 2.94. The molecule has 0 unspecified atom stereocenters. The molecule has 2 aromatic heterocycles. The molecule has 0 radical (unpaired) electrons. The molecule has 1 atom stereocenters. The minimum atomic E-state index is -0.418. The highest BCUT2D eigenvalue weighted by atomic mass is 16.5. The molecule has 8 nitrogen and oxygen atoms in total. The second kappa shape index (κ2) is 8.20. The standard InChI is InChI=1S/C22H20N4O4/c1-14-9-22(28)30-20-10-18(7-8-19(14)20)29-11-21(27)25-15(2)16-3-5-17(6-4-16)26-13-23-12-24-26/h3-10,12-13,15H,11H2,1-2H3,(H,25,27)/t15-/m1/s1. The molecule has 2 heterocycles. The maximum atomic E-state index is 12.3. The largest absolute Gasteiger partial charge is 0.484 e. The molecule has 30 heavy (non-hydrogen) atoms. The number of hydrogen-bond donors (Lipinski definition) is 1. The molecule has 0 aliphatic carbocycles. The average molecular weight is 404 g/mol. The Morgan fingerprint density at radius 1 is 1.20 bits per heavy atom. The normalized spacial score (nSPS) is 11.9. The van der Waals surface area contributed by atoms with Gasteiger partial charge in [-0.3, -0.25) is 4.79 Å². The molecule has 0 saturated heterocycles. The summed E-state index contributed by atoms with van der Waals surface area (Å²) in [6, 6.07) is 14.1. The third kappa shape index (κ3) is 4.22. The zero-order valence-corrected chi connectivity index (χ0v) is 16.5. The van der Waals surface area contributed by atoms with Crippen LogP contribution in [-0.2, 0) is 4.79 Å². The molecule has 2 aromatic carbocycles. The molecule has 152 valence electrons. The first-order valence-electron chi connectivity index (χ1n) is 9.41. The molecule has 8 heteroatoms. The molecular formula is C22H20N4O4. The van der Waals surface area contributed by atoms with E-state index in [4.69, 9.17) is 9.15 Å². The number of fused-ring (bicyclic) bond motifs is 1. The topological polar surface area (TPSA) is 99.2 Å². The number of amides is 1. The lowest BCUT2D eigenvalue weighted by molar-refractivity contribution is -0.123. The van der Waals surface area contributed by atoms with Crippen molar-refractivity contribution in [2.24, 2.45) is 0 Å². The van der Waals surface area contributed by atoms with Crippen molar-refractivity contribution < 1.29 is 13.9 Å². The van der Waals surface area contributed by atoms with E-state index in [1.54, 1.807) is 29.2 Å². The number of aromatic nitrogens is 3. The summed E-state index contributed by atoms with van der Waals surface area (Å²) >= 11 is 0. The molecule has 1 amide bonds. The van der Waals surface area contributed by atoms with E-state index in [0.717, 1.165) is 22.2 Å². The Hall–Kier alpha value is -3.94. The van der Waals surface area contributed by atoms with E-state index >= 15 is 0 Å². The zero-order valence-electron chi connectivity index (χ0n) is 16.5. The van der Waals surface area contributed by atoms with Gasteiger partial charge in [0.05, 0.1) is 11.7 Å². The van der Waals surface area contributed by atoms with Crippen LogP contribution in [0.15, 0.2) is 70.4 Å². The Morgan fingerprint density at radius 2 is 2.00 bits per heavy atom. The van der Waals surface area contributed by atoms with Crippen LogP contribution >= 0.6 is 0 Å². The molecule has 0 aliphatic rings. The minimum absolute atomic E-state index is 0.150. The van der Waals surface area contributed by atoms with Gasteiger partial charge < -0.3 is 14.5 Å². The van der Waals surface area contributed by atoms with E-state index in [1.807, 2.05) is 38.1 Å². The van der Waals surface area contributed by atoms with Crippen LogP contribution in [0.25, 0.3) is 16.7 Å². The fourth-order valence-corrected chi connectivity index (χ4v) is 3.17. The van der Waals surface area contributed by atoms with Crippen LogP contribution in [-0.4, -0.2) is 27.3 Å². The highest BCUT2D eigenvalue weighted by Gasteiger charge is 2.11. The molecule has 4 rings (SSSR count). The van der Waals surface area contributed by atoms with Gasteiger partial charge in [0.15, 0.2) is 6.61 Å². The number of hydrogen-bond acceptors (Lipinski definition) is 6. The van der Waals surface area contributed by atoms with E-state index in [9.17, 15) is 9.59 Å². The SMILES string of the molecule is Cc1cc(=O)oc2cc(OCC(=O)N[C@H](C)c3ccc(-n4cncn4)cc3)ccc12. The summed E-state index contributed by atoms with van der Waals surface area (Å²) in [6.45, 7) is 3.59. The van der Waals surface area contributed by atoms with Gasteiger partial charge in [-0.05, 0) is 49.2 Å². The van der Waals surface area contributed by atoms with Gasteiger partial charge in [0.2, 0.25) is 0 Å². The van der Waals surface area contributed by atoms with Crippen LogP contribution in [0.3, 0.4) is 0 Å². The quantitative estimate of drug-likeness (QED) is 0.496. The van der Waals surface area contributed by atoms with E-state index in [1.165, 1.54) is 12.4 Å². The minimum Gasteiger partial charge on any atom is -0.484 e. The van der Waals surface area contributed by atoms with Gasteiger partial charge in [-0.2, -0.15) is 5.10 Å². The van der Waals surface area contributed by atoms with Gasteiger partial charge in [-0.15, -0.1) is 0 Å². The lowest BCUT2D eigenvalue weighted by Crippen LogP contribution is -2.31. The van der Waals surface area contributed by atoms with Crippen molar-refractivity contribution in [3.8, 4) is 11.4 Å². The van der Waals surface area contributed by atoms with E-state index < -0.39 is 5.63 Å². The van der Waals surface area contributed by atoms with Gasteiger partial charge >= 0.3 is 5.63 Å². The van der Waals surface area contributed by atoms with Crippen LogP contribution < -0.4 is 15.7 Å². The van der Waals surface area contributed by atoms with Crippen LogP contribution in [0, 0.1) is 6.92 Å². The summed E-state index contributed by atoms with van der Waals surface area (Å²) in [5, 5.41) is 7.82. The number of nitrogens with one attached hydrogen (secondary N) is 1. The molecule has 0 fully saturated rings. The van der Waals surface area contributed by atoms with E-state index in [0.29, 0.717) is 11.3 Å². The summed E-state index contributed by atoms with van der Waals surface area (Å²) < 4.78 is 12.4. The summed E-state index contributed by atoms with van der Waals surface area (Å²) in [7, 11) is 0. The van der Waals surface area contributed by atoms with Crippen molar-refractivity contribution in [1.82, 2.24) is 20.1 Å². The molecule has 0 spiro atoms. The lowest BCUT2D eigenvalue weighted by Gasteiger charge is -2.15. The first-order valence-corrected chi connectivity index (χ1v) is 9.41. The molecular weight excluding hydrogens is 384 g/mol. The number of benzene rings is 2. The molecule has 4 aromatic rings. The number of carbonyl (C=O) groups is 1. The second-order valence-corrected chi connectivity index (χ2v) is 6.92. The summed E-state index contributed by atoms with van der Waals surface area (Å²) in [4.78, 5) is 27.8. The number of ether oxygens (including phenoxy) is 1. The van der Waals surface area contributed by atoms with Gasteiger partial charge in [-0.1, -0.05) is 12.1 Å². The lowest BCUT2D eigenvalue weighted by atomic mass is 10.1. The molecule has 0 aliphatic heterocycles. The number of carbonyl (C=O) groups excluding carboxylic acids is 1. The third-order valence-electron chi connectivity index (χ3n) is 4.75. The maximum Gasteiger partial charge on any atom is 0.336 e. The third-order valence-corrected chi connectivity index (χ3v) is 4.75. The average Bonchev–Trinajstić information content (AvgIpc) is 3.27. The highest BCUT2D eigenvalue weighted by Crippen LogP contribution is 2.22. The Bertz CT molecular complexity index is 1230. The molecule has 0 bridgehead atoms. The van der Waals surface area contributed by atoms with Crippen LogP contribution in [0.1, 0.15) is 24.1 Å². The van der Waals surface area contributed by atoms with Crippen molar-refractivity contribution in [3.63, 3.8) is 0 Å². The summed E-state index contributed by atoms with van der Waals surface area (Å²) in [5.41, 5.74) is 2.68. The smallest absolute Gasteiger partial charge is 0.336 e. The Kier molecular flexibility index (Phi) is 5.30. The van der Waals surface area contributed by atoms with Crippen molar-refractivity contribution in [2.45, 2.75) is 19.9 Å². The van der Waals surface area contributed by atoms with Crippen molar-refractivity contribution in [2.75, 3.05) is 6.61 Å². The fraction of sp³-hybridized carbons (Fsp3) is 0.182. The number of nitrogens with zero attached hydrogens (tertiary/aromatic N) is 3. The first-order chi connectivity index (χ1) is 14.5. The number of rotatable bonds is 6.